The van der Waals surface area contributed by atoms with Crippen LogP contribution >= 0.6 is 24.8 Å². The van der Waals surface area contributed by atoms with Crippen molar-refractivity contribution in [2.45, 2.75) is 12.5 Å². The van der Waals surface area contributed by atoms with E-state index in [1.54, 1.807) is 12.1 Å². The molecule has 0 aliphatic rings. The minimum absolute atomic E-state index is 0. The maximum atomic E-state index is 11.4. The molecule has 5 nitrogen and oxygen atoms in total. The number of carboxylic acid groups (broad SMARTS) is 1. The van der Waals surface area contributed by atoms with Gasteiger partial charge in [0, 0.05) is 17.0 Å². The fraction of sp³-hybridized carbons (Fsp3) is 0.167. The molecule has 2 rings (SSSR count). The summed E-state index contributed by atoms with van der Waals surface area (Å²) in [5, 5.41) is 9.60. The highest BCUT2D eigenvalue weighted by Crippen LogP contribution is 2.15. The predicted octanol–water partition coefficient (Wildman–Crippen LogP) is 1.33. The summed E-state index contributed by atoms with van der Waals surface area (Å²) < 4.78 is 0. The smallest absolute Gasteiger partial charge is 0.320 e. The second kappa shape index (κ2) is 7.13. The van der Waals surface area contributed by atoms with Gasteiger partial charge < -0.3 is 15.8 Å². The van der Waals surface area contributed by atoms with E-state index in [0.29, 0.717) is 11.1 Å². The van der Waals surface area contributed by atoms with E-state index in [1.807, 2.05) is 12.1 Å². The van der Waals surface area contributed by atoms with E-state index in [0.717, 1.165) is 5.39 Å². The Balaban J connectivity index is 0.00000162. The summed E-state index contributed by atoms with van der Waals surface area (Å²) in [7, 11) is 0. The van der Waals surface area contributed by atoms with E-state index >= 15 is 0 Å². The number of benzene rings is 1. The van der Waals surface area contributed by atoms with Crippen LogP contribution in [0, 0.1) is 0 Å². The van der Waals surface area contributed by atoms with Gasteiger partial charge in [0.05, 0.1) is 0 Å². The van der Waals surface area contributed by atoms with Gasteiger partial charge in [0.15, 0.2) is 0 Å². The number of rotatable bonds is 3. The highest BCUT2D eigenvalue weighted by molar-refractivity contribution is 5.85. The Hall–Kier alpha value is -1.56. The Morgan fingerprint density at radius 1 is 1.32 bits per heavy atom. The van der Waals surface area contributed by atoms with Gasteiger partial charge in [0.2, 0.25) is 5.56 Å². The van der Waals surface area contributed by atoms with Crippen LogP contribution in [0.15, 0.2) is 35.1 Å². The number of H-pyrrole nitrogens is 1. The molecular formula is C12H14Cl2N2O3. The van der Waals surface area contributed by atoms with Crippen molar-refractivity contribution in [3.8, 4) is 0 Å². The first-order valence-corrected chi connectivity index (χ1v) is 5.17. The largest absolute Gasteiger partial charge is 0.480 e. The molecule has 104 valence electrons. The van der Waals surface area contributed by atoms with E-state index in [9.17, 15) is 9.59 Å². The molecule has 4 N–H and O–H groups in total. The number of fused-ring (bicyclic) bond motifs is 1. The third-order valence-electron chi connectivity index (χ3n) is 2.59. The van der Waals surface area contributed by atoms with Crippen LogP contribution in [0.4, 0.5) is 0 Å². The summed E-state index contributed by atoms with van der Waals surface area (Å²) in [4.78, 5) is 24.8. The number of hydrogen-bond acceptors (Lipinski definition) is 3. The Morgan fingerprint density at radius 3 is 2.58 bits per heavy atom. The minimum atomic E-state index is -1.07. The summed E-state index contributed by atoms with van der Waals surface area (Å²) in [6.45, 7) is 0. The monoisotopic (exact) mass is 304 g/mol. The van der Waals surface area contributed by atoms with Gasteiger partial charge in [-0.2, -0.15) is 0 Å². The average Bonchev–Trinajstić information content (AvgIpc) is 2.28. The molecule has 0 saturated heterocycles. The van der Waals surface area contributed by atoms with Gasteiger partial charge in [-0.3, -0.25) is 9.59 Å². The van der Waals surface area contributed by atoms with Crippen LogP contribution < -0.4 is 11.3 Å². The van der Waals surface area contributed by atoms with Crippen molar-refractivity contribution in [3.63, 3.8) is 0 Å². The Morgan fingerprint density at radius 2 is 1.95 bits per heavy atom. The molecular weight excluding hydrogens is 291 g/mol. The number of carbonyl (C=O) groups is 1. The van der Waals surface area contributed by atoms with Crippen LogP contribution in [-0.2, 0) is 11.2 Å². The Bertz CT molecular complexity index is 628. The molecule has 1 aromatic heterocycles. The Labute approximate surface area is 121 Å². The average molecular weight is 305 g/mol. The van der Waals surface area contributed by atoms with Crippen LogP contribution in [0.25, 0.3) is 10.9 Å². The molecule has 1 aromatic carbocycles. The molecule has 1 unspecified atom stereocenters. The standard InChI is InChI=1S/C12H12N2O3.2ClH/c13-9(12(16)17)5-7-6-11(15)14-10-4-2-1-3-8(7)10;;/h1-4,6,9H,5,13H2,(H,14,15)(H,16,17);2*1H. The second-order valence-corrected chi connectivity index (χ2v) is 3.85. The molecule has 0 amide bonds. The van der Waals surface area contributed by atoms with Gasteiger partial charge in [0.25, 0.3) is 0 Å². The van der Waals surface area contributed by atoms with Crippen molar-refractivity contribution in [3.05, 3.63) is 46.2 Å². The molecule has 7 heteroatoms. The number of nitrogens with two attached hydrogens (primary N) is 1. The predicted molar refractivity (Wildman–Crippen MR) is 78.4 cm³/mol. The van der Waals surface area contributed by atoms with Crippen molar-refractivity contribution in [1.82, 2.24) is 4.98 Å². The highest BCUT2D eigenvalue weighted by Gasteiger charge is 2.14. The Kier molecular flexibility index (Phi) is 6.55. The fourth-order valence-corrected chi connectivity index (χ4v) is 1.77. The van der Waals surface area contributed by atoms with E-state index < -0.39 is 12.0 Å². The van der Waals surface area contributed by atoms with Gasteiger partial charge in [-0.15, -0.1) is 24.8 Å². The lowest BCUT2D eigenvalue weighted by atomic mass is 10.0. The lowest BCUT2D eigenvalue weighted by Crippen LogP contribution is -2.32. The molecule has 2 aromatic rings. The highest BCUT2D eigenvalue weighted by atomic mass is 35.5. The molecule has 0 bridgehead atoms. The molecule has 0 aliphatic carbocycles. The lowest BCUT2D eigenvalue weighted by molar-refractivity contribution is -0.138. The zero-order valence-corrected chi connectivity index (χ0v) is 11.5. The summed E-state index contributed by atoms with van der Waals surface area (Å²) >= 11 is 0. The third-order valence-corrected chi connectivity index (χ3v) is 2.59. The van der Waals surface area contributed by atoms with Gasteiger partial charge in [-0.25, -0.2) is 0 Å². The fourth-order valence-electron chi connectivity index (χ4n) is 1.77. The number of aromatic nitrogens is 1. The molecule has 0 radical (unpaired) electrons. The minimum Gasteiger partial charge on any atom is -0.480 e. The zero-order chi connectivity index (χ0) is 12.4. The van der Waals surface area contributed by atoms with Crippen LogP contribution in [0.1, 0.15) is 5.56 Å². The van der Waals surface area contributed by atoms with Gasteiger partial charge >= 0.3 is 5.97 Å². The molecule has 0 saturated carbocycles. The first-order valence-electron chi connectivity index (χ1n) is 5.17. The van der Waals surface area contributed by atoms with E-state index in [2.05, 4.69) is 4.98 Å². The maximum Gasteiger partial charge on any atom is 0.320 e. The number of hydrogen-bond donors (Lipinski definition) is 3. The van der Waals surface area contributed by atoms with Crippen LogP contribution in [-0.4, -0.2) is 22.1 Å². The number of aromatic amines is 1. The van der Waals surface area contributed by atoms with Crippen molar-refractivity contribution in [2.75, 3.05) is 0 Å². The van der Waals surface area contributed by atoms with Gasteiger partial charge in [0.1, 0.15) is 6.04 Å². The molecule has 1 atom stereocenters. The van der Waals surface area contributed by atoms with Crippen LogP contribution in [0.3, 0.4) is 0 Å². The van der Waals surface area contributed by atoms with Crippen LogP contribution in [0.5, 0.6) is 0 Å². The summed E-state index contributed by atoms with van der Waals surface area (Å²) in [5.41, 5.74) is 6.56. The topological polar surface area (TPSA) is 96.2 Å². The number of aliphatic carboxylic acids is 1. The van der Waals surface area contributed by atoms with Gasteiger partial charge in [-0.05, 0) is 18.1 Å². The number of halogens is 2. The zero-order valence-electron chi connectivity index (χ0n) is 9.83. The van der Waals surface area contributed by atoms with Crippen molar-refractivity contribution in [2.24, 2.45) is 5.73 Å². The van der Waals surface area contributed by atoms with Crippen molar-refractivity contribution >= 4 is 41.7 Å². The molecule has 0 fully saturated rings. The second-order valence-electron chi connectivity index (χ2n) is 3.85. The first kappa shape index (κ1) is 17.4. The van der Waals surface area contributed by atoms with Crippen molar-refractivity contribution < 1.29 is 9.90 Å². The summed E-state index contributed by atoms with van der Waals surface area (Å²) in [6, 6.07) is 7.63. The van der Waals surface area contributed by atoms with E-state index in [1.165, 1.54) is 6.07 Å². The number of pyridine rings is 1. The van der Waals surface area contributed by atoms with E-state index in [-0.39, 0.29) is 36.8 Å². The number of nitrogens with one attached hydrogen (secondary N) is 1. The number of carboxylic acids is 1. The molecule has 1 heterocycles. The number of para-hydroxylation sites is 1. The summed E-state index contributed by atoms with van der Waals surface area (Å²) in [5.74, 6) is -1.07. The summed E-state index contributed by atoms with van der Waals surface area (Å²) in [6.07, 6.45) is 0.139. The third kappa shape index (κ3) is 3.96. The first-order chi connectivity index (χ1) is 8.08. The SMILES string of the molecule is Cl.Cl.NC(Cc1cc(=O)[nH]c2ccccc12)C(=O)O. The van der Waals surface area contributed by atoms with E-state index in [4.69, 9.17) is 10.8 Å². The lowest BCUT2D eigenvalue weighted by Gasteiger charge is -2.09. The molecule has 0 aliphatic heterocycles. The van der Waals surface area contributed by atoms with Crippen molar-refractivity contribution in [1.29, 1.82) is 0 Å². The maximum absolute atomic E-state index is 11.4. The normalized spacial score (nSPS) is 11.2. The van der Waals surface area contributed by atoms with Gasteiger partial charge in [-0.1, -0.05) is 18.2 Å². The molecule has 19 heavy (non-hydrogen) atoms. The molecule has 0 spiro atoms. The quantitative estimate of drug-likeness (QED) is 0.797. The van der Waals surface area contributed by atoms with Crippen LogP contribution in [0.2, 0.25) is 0 Å².